The molecule has 1 heterocycles. The molecule has 0 aromatic heterocycles. The van der Waals surface area contributed by atoms with Gasteiger partial charge in [0.25, 0.3) is 0 Å². The van der Waals surface area contributed by atoms with Gasteiger partial charge in [-0.2, -0.15) is 4.31 Å². The topological polar surface area (TPSA) is 86.8 Å². The summed E-state index contributed by atoms with van der Waals surface area (Å²) >= 11 is 0. The number of piperazine rings is 1. The summed E-state index contributed by atoms with van der Waals surface area (Å²) < 4.78 is 54.9. The van der Waals surface area contributed by atoms with Crippen molar-refractivity contribution in [1.29, 1.82) is 0 Å². The summed E-state index contributed by atoms with van der Waals surface area (Å²) in [7, 11) is -7.21. The van der Waals surface area contributed by atoms with Crippen molar-refractivity contribution < 1.29 is 16.8 Å². The molecule has 2 aliphatic rings. The number of hydrogen-bond donors (Lipinski definition) is 1. The molecule has 0 bridgehead atoms. The lowest BCUT2D eigenvalue weighted by atomic mass is 9.96. The van der Waals surface area contributed by atoms with Gasteiger partial charge >= 0.3 is 0 Å². The molecule has 1 aliphatic carbocycles. The van der Waals surface area contributed by atoms with Crippen LogP contribution in [0.1, 0.15) is 39.0 Å². The van der Waals surface area contributed by atoms with Crippen LogP contribution in [-0.4, -0.2) is 64.8 Å². The first-order chi connectivity index (χ1) is 12.8. The molecule has 7 nitrogen and oxygen atoms in total. The summed E-state index contributed by atoms with van der Waals surface area (Å²) in [5, 5.41) is 0. The molecule has 0 unspecified atom stereocenters. The van der Waals surface area contributed by atoms with E-state index in [9.17, 15) is 16.8 Å². The maximum Gasteiger partial charge on any atom is 0.243 e. The number of likely N-dealkylation sites (N-methyl/N-ethyl adjacent to an activating group) is 1. The number of rotatable bonds is 6. The first-order valence-corrected chi connectivity index (χ1v) is 12.6. The normalized spacial score (nSPS) is 21.4. The summed E-state index contributed by atoms with van der Waals surface area (Å²) in [6, 6.07) is 5.55. The summed E-state index contributed by atoms with van der Waals surface area (Å²) in [4.78, 5) is 2.46. The fourth-order valence-electron chi connectivity index (χ4n) is 3.73. The van der Waals surface area contributed by atoms with E-state index in [2.05, 4.69) is 16.5 Å². The minimum absolute atomic E-state index is 0.0259. The van der Waals surface area contributed by atoms with Crippen LogP contribution in [0.25, 0.3) is 0 Å². The van der Waals surface area contributed by atoms with Crippen LogP contribution in [0.2, 0.25) is 0 Å². The van der Waals surface area contributed by atoms with E-state index in [4.69, 9.17) is 0 Å². The molecule has 9 heteroatoms. The molecule has 2 fully saturated rings. The lowest BCUT2D eigenvalue weighted by molar-refractivity contribution is 0.196. The van der Waals surface area contributed by atoms with Gasteiger partial charge in [0.15, 0.2) is 0 Å². The Morgan fingerprint density at radius 1 is 0.889 bits per heavy atom. The molecule has 0 atom stereocenters. The third kappa shape index (κ3) is 4.89. The van der Waals surface area contributed by atoms with Gasteiger partial charge in [-0.3, -0.25) is 0 Å². The van der Waals surface area contributed by atoms with E-state index in [1.807, 2.05) is 0 Å². The second kappa shape index (κ2) is 8.57. The van der Waals surface area contributed by atoms with Crippen molar-refractivity contribution in [2.75, 3.05) is 32.7 Å². The van der Waals surface area contributed by atoms with Crippen molar-refractivity contribution in [3.05, 3.63) is 24.3 Å². The van der Waals surface area contributed by atoms with Crippen LogP contribution >= 0.6 is 0 Å². The van der Waals surface area contributed by atoms with Crippen LogP contribution in [-0.2, 0) is 20.0 Å². The lowest BCUT2D eigenvalue weighted by Crippen LogP contribution is -2.48. The fraction of sp³-hybridized carbons (Fsp3) is 0.667. The molecule has 0 spiro atoms. The van der Waals surface area contributed by atoms with Gasteiger partial charge in [-0.15, -0.1) is 0 Å². The van der Waals surface area contributed by atoms with Crippen LogP contribution in [0.15, 0.2) is 34.1 Å². The van der Waals surface area contributed by atoms with E-state index in [-0.39, 0.29) is 15.8 Å². The van der Waals surface area contributed by atoms with Crippen molar-refractivity contribution in [2.45, 2.75) is 54.9 Å². The van der Waals surface area contributed by atoms with Crippen LogP contribution in [0, 0.1) is 0 Å². The van der Waals surface area contributed by atoms with E-state index < -0.39 is 20.0 Å². The molecule has 0 amide bonds. The predicted molar refractivity (Wildman–Crippen MR) is 105 cm³/mol. The Hall–Kier alpha value is -1.00. The van der Waals surface area contributed by atoms with Crippen LogP contribution < -0.4 is 4.72 Å². The SMILES string of the molecule is CCN1CCN(S(=O)(=O)c2ccc(S(=O)(=O)NC3CCCCC3)cc2)CC1. The standard InChI is InChI=1S/C18H29N3O4S2/c1-2-20-12-14-21(15-13-20)27(24,25)18-10-8-17(9-11-18)26(22,23)19-16-6-4-3-5-7-16/h8-11,16,19H,2-7,12-15H2,1H3. The van der Waals surface area contributed by atoms with E-state index in [0.717, 1.165) is 38.6 Å². The number of benzene rings is 1. The average Bonchev–Trinajstić information content (AvgIpc) is 2.68. The quantitative estimate of drug-likeness (QED) is 0.763. The third-order valence-electron chi connectivity index (χ3n) is 5.48. The van der Waals surface area contributed by atoms with Gasteiger partial charge in [0.2, 0.25) is 20.0 Å². The first-order valence-electron chi connectivity index (χ1n) is 9.68. The largest absolute Gasteiger partial charge is 0.301 e. The Labute approximate surface area is 162 Å². The molecule has 152 valence electrons. The van der Waals surface area contributed by atoms with E-state index in [1.165, 1.54) is 28.6 Å². The van der Waals surface area contributed by atoms with E-state index in [1.54, 1.807) is 0 Å². The maximum absolute atomic E-state index is 12.8. The first kappa shape index (κ1) is 20.7. The molecule has 1 aliphatic heterocycles. The number of nitrogens with one attached hydrogen (secondary N) is 1. The minimum Gasteiger partial charge on any atom is -0.301 e. The maximum atomic E-state index is 12.8. The number of nitrogens with zero attached hydrogens (tertiary/aromatic N) is 2. The highest BCUT2D eigenvalue weighted by molar-refractivity contribution is 7.89. The Morgan fingerprint density at radius 2 is 1.44 bits per heavy atom. The lowest BCUT2D eigenvalue weighted by Gasteiger charge is -2.33. The Kier molecular flexibility index (Phi) is 6.58. The zero-order valence-corrected chi connectivity index (χ0v) is 17.4. The van der Waals surface area contributed by atoms with Crippen molar-refractivity contribution in [3.8, 4) is 0 Å². The highest BCUT2D eigenvalue weighted by Gasteiger charge is 2.29. The molecule has 1 aromatic rings. The fourth-order valence-corrected chi connectivity index (χ4v) is 6.46. The van der Waals surface area contributed by atoms with Crippen LogP contribution in [0.5, 0.6) is 0 Å². The second-order valence-electron chi connectivity index (χ2n) is 7.27. The average molecular weight is 416 g/mol. The van der Waals surface area contributed by atoms with E-state index in [0.29, 0.717) is 26.2 Å². The van der Waals surface area contributed by atoms with Gasteiger partial charge in [0.05, 0.1) is 9.79 Å². The Morgan fingerprint density at radius 3 is 2.00 bits per heavy atom. The smallest absolute Gasteiger partial charge is 0.243 e. The Balaban J connectivity index is 1.70. The summed E-state index contributed by atoms with van der Waals surface area (Å²) in [6.07, 6.45) is 4.94. The number of sulfonamides is 2. The van der Waals surface area contributed by atoms with Crippen molar-refractivity contribution in [2.24, 2.45) is 0 Å². The summed E-state index contributed by atoms with van der Waals surface area (Å²) in [5.74, 6) is 0. The van der Waals surface area contributed by atoms with Gasteiger partial charge in [-0.05, 0) is 43.7 Å². The van der Waals surface area contributed by atoms with Crippen molar-refractivity contribution in [1.82, 2.24) is 13.9 Å². The molecule has 1 saturated carbocycles. The molecule has 1 saturated heterocycles. The molecule has 1 aromatic carbocycles. The highest BCUT2D eigenvalue weighted by atomic mass is 32.2. The summed E-state index contributed by atoms with van der Waals surface area (Å²) in [6.45, 7) is 5.32. The molecular weight excluding hydrogens is 386 g/mol. The molecule has 0 radical (unpaired) electrons. The van der Waals surface area contributed by atoms with Crippen LogP contribution in [0.3, 0.4) is 0 Å². The summed E-state index contributed by atoms with van der Waals surface area (Å²) in [5.41, 5.74) is 0. The number of hydrogen-bond acceptors (Lipinski definition) is 5. The Bertz CT molecular complexity index is 824. The van der Waals surface area contributed by atoms with Gasteiger partial charge in [0.1, 0.15) is 0 Å². The highest BCUT2D eigenvalue weighted by Crippen LogP contribution is 2.22. The molecule has 1 N–H and O–H groups in total. The van der Waals surface area contributed by atoms with Gasteiger partial charge in [0, 0.05) is 32.2 Å². The zero-order valence-electron chi connectivity index (χ0n) is 15.8. The van der Waals surface area contributed by atoms with Gasteiger partial charge < -0.3 is 4.90 Å². The third-order valence-corrected chi connectivity index (χ3v) is 8.93. The predicted octanol–water partition coefficient (Wildman–Crippen LogP) is 1.62. The van der Waals surface area contributed by atoms with E-state index >= 15 is 0 Å². The van der Waals surface area contributed by atoms with Gasteiger partial charge in [-0.25, -0.2) is 21.6 Å². The van der Waals surface area contributed by atoms with Crippen molar-refractivity contribution in [3.63, 3.8) is 0 Å². The monoisotopic (exact) mass is 415 g/mol. The molecule has 3 rings (SSSR count). The molecule has 27 heavy (non-hydrogen) atoms. The molecular formula is C18H29N3O4S2. The zero-order chi connectivity index (χ0) is 19.5. The van der Waals surface area contributed by atoms with Gasteiger partial charge in [-0.1, -0.05) is 26.2 Å². The minimum atomic E-state index is -3.62. The van der Waals surface area contributed by atoms with Crippen LogP contribution in [0.4, 0.5) is 0 Å². The van der Waals surface area contributed by atoms with Crippen molar-refractivity contribution >= 4 is 20.0 Å². The second-order valence-corrected chi connectivity index (χ2v) is 10.9.